The minimum absolute atomic E-state index is 0.00521. The Bertz CT molecular complexity index is 791. The monoisotopic (exact) mass is 398 g/mol. The van der Waals surface area contributed by atoms with Gasteiger partial charge in [-0.05, 0) is 44.9 Å². The first-order chi connectivity index (χ1) is 14.1. The summed E-state index contributed by atoms with van der Waals surface area (Å²) >= 11 is 0. The second-order valence-electron chi connectivity index (χ2n) is 8.11. The molecule has 0 bridgehead atoms. The smallest absolute Gasteiger partial charge is 0.274 e. The van der Waals surface area contributed by atoms with Gasteiger partial charge in [0, 0.05) is 32.2 Å². The average Bonchev–Trinajstić information content (AvgIpc) is 3.21. The molecule has 2 aliphatic rings. The summed E-state index contributed by atoms with van der Waals surface area (Å²) in [6, 6.07) is 11.9. The Balaban J connectivity index is 1.28. The highest BCUT2D eigenvalue weighted by Crippen LogP contribution is 2.22. The van der Waals surface area contributed by atoms with Crippen LogP contribution in [0.5, 0.6) is 5.75 Å². The summed E-state index contributed by atoms with van der Waals surface area (Å²) in [4.78, 5) is 17.3. The number of likely N-dealkylation sites (tertiary alicyclic amines) is 1. The van der Waals surface area contributed by atoms with Crippen molar-refractivity contribution in [3.05, 3.63) is 47.8 Å². The molecule has 2 aliphatic heterocycles. The zero-order chi connectivity index (χ0) is 20.2. The first-order valence-electron chi connectivity index (χ1n) is 10.5. The Kier molecular flexibility index (Phi) is 6.16. The van der Waals surface area contributed by atoms with Crippen molar-refractivity contribution in [1.29, 1.82) is 0 Å². The van der Waals surface area contributed by atoms with Crippen molar-refractivity contribution in [2.45, 2.75) is 51.5 Å². The zero-order valence-corrected chi connectivity index (χ0v) is 17.2. The molecular weight excluding hydrogens is 368 g/mol. The van der Waals surface area contributed by atoms with Crippen LogP contribution < -0.4 is 4.74 Å². The van der Waals surface area contributed by atoms with E-state index in [1.807, 2.05) is 35.2 Å². The Morgan fingerprint density at radius 3 is 2.55 bits per heavy atom. The molecule has 156 valence electrons. The number of carbonyl (C=O) groups is 1. The molecule has 1 amide bonds. The van der Waals surface area contributed by atoms with Crippen LogP contribution in [-0.4, -0.2) is 70.3 Å². The number of hydrogen-bond donors (Lipinski definition) is 1. The Morgan fingerprint density at radius 1 is 1.17 bits per heavy atom. The molecule has 0 aliphatic carbocycles. The van der Waals surface area contributed by atoms with E-state index in [0.29, 0.717) is 18.3 Å². The third-order valence-electron chi connectivity index (χ3n) is 5.70. The molecule has 1 N–H and O–H groups in total. The van der Waals surface area contributed by atoms with Crippen molar-refractivity contribution in [3.8, 4) is 5.75 Å². The van der Waals surface area contributed by atoms with E-state index in [9.17, 15) is 4.79 Å². The molecule has 2 fully saturated rings. The fourth-order valence-electron chi connectivity index (χ4n) is 4.33. The molecule has 2 saturated heterocycles. The molecule has 7 nitrogen and oxygen atoms in total. The molecule has 0 unspecified atom stereocenters. The SMILES string of the molecule is C[C@@H]1CN(C2CCN(C(=O)c3cc(COc4ccccc4)[nH]n3)CC2)C[C@H](C)O1. The van der Waals surface area contributed by atoms with Gasteiger partial charge < -0.3 is 14.4 Å². The number of piperidine rings is 1. The van der Waals surface area contributed by atoms with Gasteiger partial charge in [0.2, 0.25) is 0 Å². The van der Waals surface area contributed by atoms with E-state index in [1.54, 1.807) is 6.07 Å². The van der Waals surface area contributed by atoms with E-state index >= 15 is 0 Å². The summed E-state index contributed by atoms with van der Waals surface area (Å²) in [7, 11) is 0. The number of nitrogens with zero attached hydrogens (tertiary/aromatic N) is 3. The van der Waals surface area contributed by atoms with Gasteiger partial charge in [-0.2, -0.15) is 5.10 Å². The van der Waals surface area contributed by atoms with E-state index in [4.69, 9.17) is 9.47 Å². The number of hydrogen-bond acceptors (Lipinski definition) is 5. The molecule has 3 heterocycles. The number of morpholine rings is 1. The van der Waals surface area contributed by atoms with Gasteiger partial charge in [0.1, 0.15) is 12.4 Å². The van der Waals surface area contributed by atoms with Crippen LogP contribution in [0, 0.1) is 0 Å². The summed E-state index contributed by atoms with van der Waals surface area (Å²) in [5, 5.41) is 7.13. The second kappa shape index (κ2) is 8.97. The standard InChI is InChI=1S/C22H30N4O3/c1-16-13-26(14-17(2)29-16)19-8-10-25(11-9-19)22(27)21-12-18(23-24-21)15-28-20-6-4-3-5-7-20/h3-7,12,16-17,19H,8-11,13-15H2,1-2H3,(H,23,24)/t16-,17+. The minimum atomic E-state index is -0.00521. The number of para-hydroxylation sites is 1. The number of aromatic nitrogens is 2. The molecular formula is C22H30N4O3. The number of H-pyrrole nitrogens is 1. The van der Waals surface area contributed by atoms with Gasteiger partial charge in [-0.25, -0.2) is 0 Å². The lowest BCUT2D eigenvalue weighted by Crippen LogP contribution is -2.53. The van der Waals surface area contributed by atoms with E-state index < -0.39 is 0 Å². The van der Waals surface area contributed by atoms with Crippen LogP contribution in [0.2, 0.25) is 0 Å². The molecule has 7 heteroatoms. The molecule has 29 heavy (non-hydrogen) atoms. The Labute approximate surface area is 172 Å². The van der Waals surface area contributed by atoms with Gasteiger partial charge in [0.05, 0.1) is 17.9 Å². The topological polar surface area (TPSA) is 70.7 Å². The minimum Gasteiger partial charge on any atom is -0.487 e. The van der Waals surface area contributed by atoms with Gasteiger partial charge in [-0.15, -0.1) is 0 Å². The third-order valence-corrected chi connectivity index (χ3v) is 5.70. The van der Waals surface area contributed by atoms with Crippen LogP contribution in [0.4, 0.5) is 0 Å². The lowest BCUT2D eigenvalue weighted by Gasteiger charge is -2.43. The van der Waals surface area contributed by atoms with Crippen LogP contribution in [0.25, 0.3) is 0 Å². The zero-order valence-electron chi connectivity index (χ0n) is 17.2. The van der Waals surface area contributed by atoms with Crippen molar-refractivity contribution < 1.29 is 14.3 Å². The van der Waals surface area contributed by atoms with Crippen LogP contribution in [-0.2, 0) is 11.3 Å². The number of rotatable bonds is 5. The molecule has 0 radical (unpaired) electrons. The summed E-state index contributed by atoms with van der Waals surface area (Å²) in [6.45, 7) is 8.13. The first-order valence-corrected chi connectivity index (χ1v) is 10.5. The predicted molar refractivity (Wildman–Crippen MR) is 110 cm³/mol. The predicted octanol–water partition coefficient (Wildman–Crippen LogP) is 2.70. The molecule has 0 spiro atoms. The number of amides is 1. The molecule has 1 aromatic heterocycles. The van der Waals surface area contributed by atoms with Gasteiger partial charge >= 0.3 is 0 Å². The third kappa shape index (κ3) is 4.97. The maximum absolute atomic E-state index is 12.8. The normalized spacial score (nSPS) is 23.9. The highest BCUT2D eigenvalue weighted by Gasteiger charge is 2.32. The molecule has 2 atom stereocenters. The molecule has 0 saturated carbocycles. The number of nitrogens with one attached hydrogen (secondary N) is 1. The van der Waals surface area contributed by atoms with E-state index in [1.165, 1.54) is 0 Å². The van der Waals surface area contributed by atoms with Crippen molar-refractivity contribution in [2.24, 2.45) is 0 Å². The molecule has 1 aromatic carbocycles. The number of aromatic amines is 1. The second-order valence-corrected chi connectivity index (χ2v) is 8.11. The Hall–Kier alpha value is -2.38. The first kappa shape index (κ1) is 19.9. The van der Waals surface area contributed by atoms with Crippen LogP contribution in [0.1, 0.15) is 42.9 Å². The number of carbonyl (C=O) groups excluding carboxylic acids is 1. The molecule has 2 aromatic rings. The summed E-state index contributed by atoms with van der Waals surface area (Å²) in [6.07, 6.45) is 2.55. The van der Waals surface area contributed by atoms with Crippen LogP contribution in [0.15, 0.2) is 36.4 Å². The fraction of sp³-hybridized carbons (Fsp3) is 0.545. The van der Waals surface area contributed by atoms with Gasteiger partial charge in [0.25, 0.3) is 5.91 Å². The summed E-state index contributed by atoms with van der Waals surface area (Å²) < 4.78 is 11.6. The fourth-order valence-corrected chi connectivity index (χ4v) is 4.33. The van der Waals surface area contributed by atoms with Gasteiger partial charge in [-0.3, -0.25) is 14.8 Å². The van der Waals surface area contributed by atoms with Crippen LogP contribution in [0.3, 0.4) is 0 Å². The van der Waals surface area contributed by atoms with Gasteiger partial charge in [-0.1, -0.05) is 18.2 Å². The summed E-state index contributed by atoms with van der Waals surface area (Å²) in [5.74, 6) is 0.790. The van der Waals surface area contributed by atoms with Crippen molar-refractivity contribution in [3.63, 3.8) is 0 Å². The maximum atomic E-state index is 12.8. The number of benzene rings is 1. The van der Waals surface area contributed by atoms with E-state index in [2.05, 4.69) is 28.9 Å². The van der Waals surface area contributed by atoms with Gasteiger partial charge in [0.15, 0.2) is 5.69 Å². The van der Waals surface area contributed by atoms with E-state index in [-0.39, 0.29) is 18.1 Å². The number of ether oxygens (including phenoxy) is 2. The van der Waals surface area contributed by atoms with Crippen molar-refractivity contribution in [2.75, 3.05) is 26.2 Å². The average molecular weight is 399 g/mol. The highest BCUT2D eigenvalue weighted by atomic mass is 16.5. The largest absolute Gasteiger partial charge is 0.487 e. The maximum Gasteiger partial charge on any atom is 0.274 e. The van der Waals surface area contributed by atoms with Crippen molar-refractivity contribution >= 4 is 5.91 Å². The lowest BCUT2D eigenvalue weighted by atomic mass is 10.0. The Morgan fingerprint density at radius 2 is 1.86 bits per heavy atom. The molecule has 4 rings (SSSR count). The van der Waals surface area contributed by atoms with Crippen molar-refractivity contribution in [1.82, 2.24) is 20.0 Å². The quantitative estimate of drug-likeness (QED) is 0.839. The lowest BCUT2D eigenvalue weighted by molar-refractivity contribution is -0.0856. The highest BCUT2D eigenvalue weighted by molar-refractivity contribution is 5.92. The summed E-state index contributed by atoms with van der Waals surface area (Å²) in [5.41, 5.74) is 1.26. The van der Waals surface area contributed by atoms with E-state index in [0.717, 1.165) is 50.5 Å². The van der Waals surface area contributed by atoms with Crippen LogP contribution >= 0.6 is 0 Å².